The molecule has 0 aliphatic heterocycles. The van der Waals surface area contributed by atoms with Crippen LogP contribution in [0, 0.1) is 0 Å². The number of aliphatic hydroxyl groups is 1. The van der Waals surface area contributed by atoms with Gasteiger partial charge in [0.25, 0.3) is 0 Å². The molecule has 0 heterocycles. The number of carbonyl (C=O) groups is 1. The smallest absolute Gasteiger partial charge is 0.409 e. The summed E-state index contributed by atoms with van der Waals surface area (Å²) in [6.07, 6.45) is 4.72. The highest BCUT2D eigenvalue weighted by Crippen LogP contribution is 2.29. The van der Waals surface area contributed by atoms with Crippen LogP contribution >= 0.6 is 0 Å². The summed E-state index contributed by atoms with van der Waals surface area (Å²) in [5.41, 5.74) is -0.706. The van der Waals surface area contributed by atoms with Crippen LogP contribution in [0.4, 0.5) is 4.79 Å². The molecule has 0 spiro atoms. The Morgan fingerprint density at radius 2 is 2.20 bits per heavy atom. The molecule has 0 unspecified atom stereocenters. The molecule has 0 radical (unpaired) electrons. The Morgan fingerprint density at radius 3 is 2.73 bits per heavy atom. The zero-order chi connectivity index (χ0) is 11.3. The van der Waals surface area contributed by atoms with Gasteiger partial charge in [0.15, 0.2) is 0 Å². The Bertz CT molecular complexity index is 234. The molecule has 0 aromatic carbocycles. The molecule has 0 aromatic heterocycles. The average Bonchev–Trinajstić information content (AvgIpc) is 2.61. The average molecular weight is 213 g/mol. The fraction of sp³-hybridized carbons (Fsp3) is 0.727. The monoisotopic (exact) mass is 213 g/mol. The van der Waals surface area contributed by atoms with Gasteiger partial charge in [0.05, 0.1) is 12.1 Å². The second-order valence-corrected chi connectivity index (χ2v) is 4.15. The van der Waals surface area contributed by atoms with Crippen molar-refractivity contribution in [3.8, 4) is 0 Å². The van der Waals surface area contributed by atoms with Gasteiger partial charge in [-0.05, 0) is 12.8 Å². The van der Waals surface area contributed by atoms with E-state index in [9.17, 15) is 9.90 Å². The predicted octanol–water partition coefficient (Wildman–Crippen LogP) is 1.55. The first-order chi connectivity index (χ1) is 7.07. The van der Waals surface area contributed by atoms with E-state index in [1.807, 2.05) is 0 Å². The molecule has 0 aromatic rings. The number of rotatable bonds is 4. The lowest BCUT2D eigenvalue weighted by atomic mass is 10.0. The maximum atomic E-state index is 11.4. The molecule has 0 atom stereocenters. The highest BCUT2D eigenvalue weighted by atomic mass is 16.6. The van der Waals surface area contributed by atoms with Crippen molar-refractivity contribution in [1.29, 1.82) is 0 Å². The molecule has 1 amide bonds. The number of nitrogens with zero attached hydrogens (tertiary/aromatic N) is 1. The molecule has 1 saturated carbocycles. The molecule has 1 aliphatic carbocycles. The Morgan fingerprint density at radius 1 is 1.60 bits per heavy atom. The molecule has 1 fully saturated rings. The van der Waals surface area contributed by atoms with Crippen LogP contribution in [-0.2, 0) is 4.74 Å². The van der Waals surface area contributed by atoms with Crippen LogP contribution in [0.15, 0.2) is 12.7 Å². The molecule has 15 heavy (non-hydrogen) atoms. The van der Waals surface area contributed by atoms with E-state index in [0.29, 0.717) is 6.54 Å². The third kappa shape index (κ3) is 3.55. The van der Waals surface area contributed by atoms with Gasteiger partial charge in [-0.25, -0.2) is 4.79 Å². The van der Waals surface area contributed by atoms with Gasteiger partial charge in [0.1, 0.15) is 6.61 Å². The van der Waals surface area contributed by atoms with E-state index in [0.717, 1.165) is 25.7 Å². The maximum absolute atomic E-state index is 11.4. The molecule has 1 aliphatic rings. The lowest BCUT2D eigenvalue weighted by molar-refractivity contribution is 0.0142. The highest BCUT2D eigenvalue weighted by Gasteiger charge is 2.33. The Balaban J connectivity index is 2.36. The lowest BCUT2D eigenvalue weighted by Crippen LogP contribution is -2.42. The van der Waals surface area contributed by atoms with Gasteiger partial charge in [-0.3, -0.25) is 0 Å². The Kier molecular flexibility index (Phi) is 4.15. The van der Waals surface area contributed by atoms with E-state index < -0.39 is 11.7 Å². The summed E-state index contributed by atoms with van der Waals surface area (Å²) >= 11 is 0. The van der Waals surface area contributed by atoms with Crippen LogP contribution in [0.1, 0.15) is 25.7 Å². The van der Waals surface area contributed by atoms with Gasteiger partial charge >= 0.3 is 6.09 Å². The van der Waals surface area contributed by atoms with Crippen molar-refractivity contribution < 1.29 is 14.6 Å². The fourth-order valence-corrected chi connectivity index (χ4v) is 1.94. The minimum Gasteiger partial charge on any atom is -0.445 e. The van der Waals surface area contributed by atoms with Crippen molar-refractivity contribution in [3.05, 3.63) is 12.7 Å². The number of hydrogen-bond donors (Lipinski definition) is 1. The molecule has 0 saturated heterocycles. The van der Waals surface area contributed by atoms with Crippen LogP contribution in [0.3, 0.4) is 0 Å². The van der Waals surface area contributed by atoms with E-state index in [4.69, 9.17) is 4.74 Å². The van der Waals surface area contributed by atoms with Crippen molar-refractivity contribution in [2.45, 2.75) is 31.3 Å². The second-order valence-electron chi connectivity index (χ2n) is 4.15. The topological polar surface area (TPSA) is 49.8 Å². The molecule has 4 heteroatoms. The van der Waals surface area contributed by atoms with Crippen molar-refractivity contribution in [3.63, 3.8) is 0 Å². The molecule has 1 N–H and O–H groups in total. The fourth-order valence-electron chi connectivity index (χ4n) is 1.94. The highest BCUT2D eigenvalue weighted by molar-refractivity contribution is 5.67. The molecular weight excluding hydrogens is 194 g/mol. The van der Waals surface area contributed by atoms with Crippen LogP contribution < -0.4 is 0 Å². The minimum absolute atomic E-state index is 0.210. The maximum Gasteiger partial charge on any atom is 0.409 e. The molecule has 0 bridgehead atoms. The standard InChI is InChI=1S/C11H19NO3/c1-3-8-15-10(13)12(2)9-11(14)6-4-5-7-11/h3,14H,1,4-9H2,2H3. The predicted molar refractivity (Wildman–Crippen MR) is 57.6 cm³/mol. The third-order valence-corrected chi connectivity index (χ3v) is 2.70. The van der Waals surface area contributed by atoms with Gasteiger partial charge in [0, 0.05) is 7.05 Å². The minimum atomic E-state index is -0.706. The molecule has 4 nitrogen and oxygen atoms in total. The quantitative estimate of drug-likeness (QED) is 0.721. The zero-order valence-electron chi connectivity index (χ0n) is 9.24. The van der Waals surface area contributed by atoms with E-state index >= 15 is 0 Å². The summed E-state index contributed by atoms with van der Waals surface area (Å²) in [5, 5.41) is 10.1. The van der Waals surface area contributed by atoms with Crippen LogP contribution in [-0.4, -0.2) is 41.9 Å². The van der Waals surface area contributed by atoms with Gasteiger partial charge in [-0.15, -0.1) is 0 Å². The summed E-state index contributed by atoms with van der Waals surface area (Å²) in [4.78, 5) is 12.8. The van der Waals surface area contributed by atoms with Crippen LogP contribution in [0.5, 0.6) is 0 Å². The first-order valence-corrected chi connectivity index (χ1v) is 5.28. The second kappa shape index (κ2) is 5.16. The van der Waals surface area contributed by atoms with E-state index in [-0.39, 0.29) is 6.61 Å². The summed E-state index contributed by atoms with van der Waals surface area (Å²) in [7, 11) is 1.64. The first kappa shape index (κ1) is 12.0. The van der Waals surface area contributed by atoms with E-state index in [1.54, 1.807) is 7.05 Å². The number of likely N-dealkylation sites (N-methyl/N-ethyl adjacent to an activating group) is 1. The Labute approximate surface area is 90.5 Å². The zero-order valence-corrected chi connectivity index (χ0v) is 9.24. The van der Waals surface area contributed by atoms with Crippen molar-refractivity contribution in [2.75, 3.05) is 20.2 Å². The van der Waals surface area contributed by atoms with Gasteiger partial charge < -0.3 is 14.7 Å². The van der Waals surface area contributed by atoms with Crippen LogP contribution in [0.25, 0.3) is 0 Å². The van der Waals surface area contributed by atoms with Gasteiger partial charge in [-0.1, -0.05) is 25.5 Å². The van der Waals surface area contributed by atoms with Crippen LogP contribution in [0.2, 0.25) is 0 Å². The lowest BCUT2D eigenvalue weighted by Gasteiger charge is -2.27. The summed E-state index contributed by atoms with van der Waals surface area (Å²) < 4.78 is 4.87. The summed E-state index contributed by atoms with van der Waals surface area (Å²) in [5.74, 6) is 0. The van der Waals surface area contributed by atoms with Gasteiger partial charge in [0.2, 0.25) is 0 Å². The van der Waals surface area contributed by atoms with E-state index in [2.05, 4.69) is 6.58 Å². The van der Waals surface area contributed by atoms with Crippen molar-refractivity contribution in [1.82, 2.24) is 4.90 Å². The summed E-state index contributed by atoms with van der Waals surface area (Å²) in [6, 6.07) is 0. The largest absolute Gasteiger partial charge is 0.445 e. The van der Waals surface area contributed by atoms with E-state index in [1.165, 1.54) is 11.0 Å². The van der Waals surface area contributed by atoms with Crippen molar-refractivity contribution >= 4 is 6.09 Å². The summed E-state index contributed by atoms with van der Waals surface area (Å²) in [6.45, 7) is 4.02. The molecular formula is C11H19NO3. The number of ether oxygens (including phenoxy) is 1. The molecule has 1 rings (SSSR count). The number of carbonyl (C=O) groups excluding carboxylic acids is 1. The van der Waals surface area contributed by atoms with Crippen molar-refractivity contribution in [2.24, 2.45) is 0 Å². The number of hydrogen-bond acceptors (Lipinski definition) is 3. The molecule has 86 valence electrons. The first-order valence-electron chi connectivity index (χ1n) is 5.28. The van der Waals surface area contributed by atoms with Gasteiger partial charge in [-0.2, -0.15) is 0 Å². The number of amides is 1. The Hall–Kier alpha value is -1.03. The third-order valence-electron chi connectivity index (χ3n) is 2.70. The SMILES string of the molecule is C=CCOC(=O)N(C)CC1(O)CCCC1. The normalized spacial score (nSPS) is 18.5.